The fourth-order valence-corrected chi connectivity index (χ4v) is 2.33. The van der Waals surface area contributed by atoms with Gasteiger partial charge in [0.1, 0.15) is 6.61 Å². The van der Waals surface area contributed by atoms with E-state index in [1.54, 1.807) is 0 Å². The van der Waals surface area contributed by atoms with E-state index in [9.17, 15) is 4.79 Å². The van der Waals surface area contributed by atoms with Gasteiger partial charge in [-0.1, -0.05) is 30.3 Å². The second kappa shape index (κ2) is 5.44. The molecule has 1 aromatic carbocycles. The van der Waals surface area contributed by atoms with Crippen LogP contribution in [-0.4, -0.2) is 22.9 Å². The summed E-state index contributed by atoms with van der Waals surface area (Å²) in [7, 11) is 0. The molecule has 1 saturated carbocycles. The van der Waals surface area contributed by atoms with Gasteiger partial charge in [0.15, 0.2) is 0 Å². The minimum absolute atomic E-state index is 0.259. The Morgan fingerprint density at radius 1 is 1.44 bits per heavy atom. The molecular formula is C13H16N2O2S. The van der Waals surface area contributed by atoms with E-state index in [1.165, 1.54) is 11.8 Å². The van der Waals surface area contributed by atoms with Crippen molar-refractivity contribution < 1.29 is 9.53 Å². The van der Waals surface area contributed by atoms with E-state index < -0.39 is 11.6 Å². The molecule has 0 unspecified atom stereocenters. The molecule has 0 heterocycles. The van der Waals surface area contributed by atoms with Crippen molar-refractivity contribution in [3.63, 3.8) is 0 Å². The zero-order valence-corrected chi connectivity index (χ0v) is 11.0. The molecule has 96 valence electrons. The zero-order valence-electron chi connectivity index (χ0n) is 10.2. The third-order valence-electron chi connectivity index (χ3n) is 2.94. The minimum Gasteiger partial charge on any atom is -0.445 e. The lowest BCUT2D eigenvalue weighted by atomic mass is 10.2. The maximum absolute atomic E-state index is 11.7. The number of rotatable bonds is 4. The average Bonchev–Trinajstić information content (AvgIpc) is 3.17. The van der Waals surface area contributed by atoms with E-state index in [2.05, 4.69) is 5.32 Å². The first kappa shape index (κ1) is 13.0. The van der Waals surface area contributed by atoms with Crippen LogP contribution in [0, 0.1) is 5.41 Å². The second-order valence-electron chi connectivity index (χ2n) is 4.30. The molecule has 0 atom stereocenters. The van der Waals surface area contributed by atoms with Crippen LogP contribution in [0.5, 0.6) is 0 Å². The van der Waals surface area contributed by atoms with Gasteiger partial charge in [0.2, 0.25) is 0 Å². The Kier molecular flexibility index (Phi) is 3.91. The summed E-state index contributed by atoms with van der Waals surface area (Å²) in [5.41, 5.74) is 0.505. The summed E-state index contributed by atoms with van der Waals surface area (Å²) in [6.07, 6.45) is 3.05. The molecule has 2 N–H and O–H groups in total. The van der Waals surface area contributed by atoms with Crippen molar-refractivity contribution in [3.8, 4) is 0 Å². The van der Waals surface area contributed by atoms with Crippen LogP contribution >= 0.6 is 11.8 Å². The van der Waals surface area contributed by atoms with E-state index in [1.807, 2.05) is 36.6 Å². The standard InChI is InChI=1S/C13H16N2O2S/c1-18-11(14)13(7-8-13)15-12(16)17-9-10-5-3-2-4-6-10/h2-6,14H,7-9H2,1H3,(H,15,16). The van der Waals surface area contributed by atoms with E-state index in [0.717, 1.165) is 18.4 Å². The number of carbonyl (C=O) groups is 1. The van der Waals surface area contributed by atoms with E-state index in [-0.39, 0.29) is 6.61 Å². The van der Waals surface area contributed by atoms with Crippen molar-refractivity contribution in [2.24, 2.45) is 0 Å². The van der Waals surface area contributed by atoms with Gasteiger partial charge in [-0.3, -0.25) is 5.41 Å². The Morgan fingerprint density at radius 3 is 2.67 bits per heavy atom. The summed E-state index contributed by atoms with van der Waals surface area (Å²) < 4.78 is 5.14. The van der Waals surface area contributed by atoms with Crippen LogP contribution < -0.4 is 5.32 Å². The van der Waals surface area contributed by atoms with Crippen LogP contribution in [0.2, 0.25) is 0 Å². The van der Waals surface area contributed by atoms with Crippen molar-refractivity contribution in [1.82, 2.24) is 5.32 Å². The molecule has 0 aliphatic heterocycles. The average molecular weight is 264 g/mol. The lowest BCUT2D eigenvalue weighted by molar-refractivity contribution is 0.137. The van der Waals surface area contributed by atoms with Crippen LogP contribution in [0.3, 0.4) is 0 Å². The Bertz CT molecular complexity index is 444. The smallest absolute Gasteiger partial charge is 0.408 e. The van der Waals surface area contributed by atoms with E-state index in [0.29, 0.717) is 5.04 Å². The monoisotopic (exact) mass is 264 g/mol. The van der Waals surface area contributed by atoms with Gasteiger partial charge in [-0.15, -0.1) is 11.8 Å². The fraction of sp³-hybridized carbons (Fsp3) is 0.385. The lowest BCUT2D eigenvalue weighted by Gasteiger charge is -2.16. The number of amides is 1. The molecule has 1 fully saturated rings. The highest BCUT2D eigenvalue weighted by Crippen LogP contribution is 2.39. The highest BCUT2D eigenvalue weighted by Gasteiger charge is 2.48. The van der Waals surface area contributed by atoms with E-state index >= 15 is 0 Å². The Balaban J connectivity index is 1.81. The number of nitrogens with one attached hydrogen (secondary N) is 2. The predicted octanol–water partition coefficient (Wildman–Crippen LogP) is 2.79. The number of carbonyl (C=O) groups excluding carboxylic acids is 1. The normalized spacial score (nSPS) is 15.8. The molecule has 1 aliphatic carbocycles. The third-order valence-corrected chi connectivity index (χ3v) is 3.74. The first-order chi connectivity index (χ1) is 8.66. The zero-order chi connectivity index (χ0) is 13.0. The van der Waals surface area contributed by atoms with Crippen molar-refractivity contribution in [1.29, 1.82) is 5.41 Å². The number of benzene rings is 1. The minimum atomic E-state index is -0.451. The Hall–Kier alpha value is -1.49. The highest BCUT2D eigenvalue weighted by molar-refractivity contribution is 8.13. The van der Waals surface area contributed by atoms with Gasteiger partial charge in [-0.25, -0.2) is 4.79 Å². The highest BCUT2D eigenvalue weighted by atomic mass is 32.2. The Labute approximate surface area is 111 Å². The van der Waals surface area contributed by atoms with Gasteiger partial charge in [0, 0.05) is 0 Å². The first-order valence-electron chi connectivity index (χ1n) is 5.78. The molecule has 0 radical (unpaired) electrons. The number of alkyl carbamates (subject to hydrolysis) is 1. The van der Waals surface area contributed by atoms with Crippen molar-refractivity contribution >= 4 is 22.9 Å². The first-order valence-corrected chi connectivity index (χ1v) is 7.01. The van der Waals surface area contributed by atoms with Gasteiger partial charge in [-0.2, -0.15) is 0 Å². The fourth-order valence-electron chi connectivity index (χ4n) is 1.68. The summed E-state index contributed by atoms with van der Waals surface area (Å²) >= 11 is 1.36. The van der Waals surface area contributed by atoms with Gasteiger partial charge in [0.25, 0.3) is 0 Å². The van der Waals surface area contributed by atoms with Crippen molar-refractivity contribution in [2.45, 2.75) is 25.0 Å². The molecular weight excluding hydrogens is 248 g/mol. The maximum atomic E-state index is 11.7. The number of ether oxygens (including phenoxy) is 1. The molecule has 18 heavy (non-hydrogen) atoms. The maximum Gasteiger partial charge on any atom is 0.408 e. The molecule has 0 aromatic heterocycles. The van der Waals surface area contributed by atoms with Crippen LogP contribution in [0.15, 0.2) is 30.3 Å². The summed E-state index contributed by atoms with van der Waals surface area (Å²) in [4.78, 5) is 11.7. The molecule has 0 saturated heterocycles. The van der Waals surface area contributed by atoms with Crippen molar-refractivity contribution in [3.05, 3.63) is 35.9 Å². The number of thioether (sulfide) groups is 1. The van der Waals surface area contributed by atoms with Crippen LogP contribution in [0.1, 0.15) is 18.4 Å². The van der Waals surface area contributed by atoms with Crippen LogP contribution in [0.4, 0.5) is 4.79 Å². The summed E-state index contributed by atoms with van der Waals surface area (Å²) in [5, 5.41) is 11.1. The Morgan fingerprint density at radius 2 is 2.11 bits per heavy atom. The third kappa shape index (κ3) is 3.04. The van der Waals surface area contributed by atoms with Crippen LogP contribution in [0.25, 0.3) is 0 Å². The molecule has 2 rings (SSSR count). The molecule has 0 bridgehead atoms. The largest absolute Gasteiger partial charge is 0.445 e. The number of hydrogen-bond donors (Lipinski definition) is 2. The number of hydrogen-bond acceptors (Lipinski definition) is 4. The van der Waals surface area contributed by atoms with E-state index in [4.69, 9.17) is 10.1 Å². The topological polar surface area (TPSA) is 62.2 Å². The summed E-state index contributed by atoms with van der Waals surface area (Å²) in [6.45, 7) is 0.259. The summed E-state index contributed by atoms with van der Waals surface area (Å²) in [6, 6.07) is 9.54. The second-order valence-corrected chi connectivity index (χ2v) is 5.12. The van der Waals surface area contributed by atoms with Gasteiger partial charge >= 0.3 is 6.09 Å². The molecule has 0 spiro atoms. The molecule has 4 nitrogen and oxygen atoms in total. The molecule has 1 aliphatic rings. The quantitative estimate of drug-likeness (QED) is 0.649. The molecule has 1 aromatic rings. The van der Waals surface area contributed by atoms with Gasteiger partial charge in [-0.05, 0) is 24.7 Å². The molecule has 1 amide bonds. The predicted molar refractivity (Wildman–Crippen MR) is 73.0 cm³/mol. The van der Waals surface area contributed by atoms with Crippen molar-refractivity contribution in [2.75, 3.05) is 6.26 Å². The summed E-state index contributed by atoms with van der Waals surface area (Å²) in [5.74, 6) is 0. The van der Waals surface area contributed by atoms with Gasteiger partial charge < -0.3 is 10.1 Å². The van der Waals surface area contributed by atoms with Crippen LogP contribution in [-0.2, 0) is 11.3 Å². The lowest BCUT2D eigenvalue weighted by Crippen LogP contribution is -2.41. The SMILES string of the molecule is CSC(=N)C1(NC(=O)OCc2ccccc2)CC1. The van der Waals surface area contributed by atoms with Gasteiger partial charge in [0.05, 0.1) is 10.6 Å². The molecule has 5 heteroatoms.